The number of halogens is 1. The summed E-state index contributed by atoms with van der Waals surface area (Å²) in [4.78, 5) is 24.6. The Hall–Kier alpha value is -3.31. The van der Waals surface area contributed by atoms with Crippen LogP contribution in [-0.2, 0) is 0 Å². The van der Waals surface area contributed by atoms with Crippen molar-refractivity contribution in [1.82, 2.24) is 0 Å². The minimum Gasteiger partial charge on any atom is -0.497 e. The molecule has 2 N–H and O–H groups in total. The molecule has 5 nitrogen and oxygen atoms in total. The van der Waals surface area contributed by atoms with Crippen molar-refractivity contribution in [2.75, 3.05) is 17.7 Å². The van der Waals surface area contributed by atoms with Gasteiger partial charge in [0.05, 0.1) is 17.8 Å². The summed E-state index contributed by atoms with van der Waals surface area (Å²) in [5, 5.41) is 6.00. The van der Waals surface area contributed by atoms with Crippen molar-refractivity contribution in [3.63, 3.8) is 0 Å². The van der Waals surface area contributed by atoms with Gasteiger partial charge in [0.2, 0.25) is 0 Å². The maximum atomic E-state index is 12.3. The van der Waals surface area contributed by atoms with Gasteiger partial charge >= 0.3 is 0 Å². The highest BCUT2D eigenvalue weighted by molar-refractivity contribution is 6.33. The van der Waals surface area contributed by atoms with Crippen LogP contribution < -0.4 is 15.4 Å². The van der Waals surface area contributed by atoms with Crippen molar-refractivity contribution in [3.05, 3.63) is 88.9 Å². The zero-order valence-corrected chi connectivity index (χ0v) is 15.3. The van der Waals surface area contributed by atoms with Gasteiger partial charge in [0.25, 0.3) is 11.8 Å². The van der Waals surface area contributed by atoms with E-state index in [4.69, 9.17) is 16.3 Å². The summed E-state index contributed by atoms with van der Waals surface area (Å²) in [6.07, 6.45) is 0. The quantitative estimate of drug-likeness (QED) is 0.664. The first kappa shape index (κ1) is 18.5. The number of rotatable bonds is 5. The standard InChI is InChI=1S/C21H17ClN2O3/c1-27-17-12-10-16(11-13-17)23-20(25)14-6-8-15(9-7-14)21(26)24-19-5-3-2-4-18(19)22/h2-13H,1H3,(H,23,25)(H,24,26). The third-order valence-corrected chi connectivity index (χ3v) is 4.21. The summed E-state index contributed by atoms with van der Waals surface area (Å²) in [5.41, 5.74) is 2.06. The summed E-state index contributed by atoms with van der Waals surface area (Å²) in [5.74, 6) is 0.144. The summed E-state index contributed by atoms with van der Waals surface area (Å²) in [6.45, 7) is 0. The fourth-order valence-corrected chi connectivity index (χ4v) is 2.59. The van der Waals surface area contributed by atoms with Crippen LogP contribution in [0.3, 0.4) is 0 Å². The van der Waals surface area contributed by atoms with Gasteiger partial charge in [0.1, 0.15) is 5.75 Å². The second kappa shape index (κ2) is 8.38. The first-order valence-electron chi connectivity index (χ1n) is 8.18. The van der Waals surface area contributed by atoms with E-state index in [0.717, 1.165) is 0 Å². The number of methoxy groups -OCH3 is 1. The molecule has 0 spiro atoms. The molecule has 0 saturated heterocycles. The fraction of sp³-hybridized carbons (Fsp3) is 0.0476. The van der Waals surface area contributed by atoms with Crippen molar-refractivity contribution in [2.24, 2.45) is 0 Å². The van der Waals surface area contributed by atoms with E-state index in [9.17, 15) is 9.59 Å². The predicted octanol–water partition coefficient (Wildman–Crippen LogP) is 4.85. The molecule has 27 heavy (non-hydrogen) atoms. The van der Waals surface area contributed by atoms with Crippen LogP contribution in [0.25, 0.3) is 0 Å². The molecule has 0 radical (unpaired) electrons. The number of hydrogen-bond donors (Lipinski definition) is 2. The highest BCUT2D eigenvalue weighted by atomic mass is 35.5. The molecule has 2 amide bonds. The van der Waals surface area contributed by atoms with Crippen molar-refractivity contribution in [2.45, 2.75) is 0 Å². The molecule has 6 heteroatoms. The lowest BCUT2D eigenvalue weighted by Gasteiger charge is -2.09. The van der Waals surface area contributed by atoms with Crippen LogP contribution >= 0.6 is 11.6 Å². The highest BCUT2D eigenvalue weighted by Crippen LogP contribution is 2.21. The minimum absolute atomic E-state index is 0.266. The first-order valence-corrected chi connectivity index (χ1v) is 8.56. The lowest BCUT2D eigenvalue weighted by molar-refractivity contribution is 0.101. The fourth-order valence-electron chi connectivity index (χ4n) is 2.41. The average Bonchev–Trinajstić information content (AvgIpc) is 2.70. The molecule has 0 unspecified atom stereocenters. The summed E-state index contributed by atoms with van der Waals surface area (Å²) in [7, 11) is 1.58. The molecule has 0 bridgehead atoms. The number of carbonyl (C=O) groups excluding carboxylic acids is 2. The second-order valence-electron chi connectivity index (χ2n) is 5.69. The molecule has 0 atom stereocenters. The summed E-state index contributed by atoms with van der Waals surface area (Å²) < 4.78 is 5.09. The third-order valence-electron chi connectivity index (χ3n) is 3.88. The van der Waals surface area contributed by atoms with E-state index in [2.05, 4.69) is 10.6 Å². The van der Waals surface area contributed by atoms with E-state index in [-0.39, 0.29) is 11.8 Å². The number of benzene rings is 3. The maximum absolute atomic E-state index is 12.3. The Kier molecular flexibility index (Phi) is 5.74. The summed E-state index contributed by atoms with van der Waals surface area (Å²) >= 11 is 6.04. The van der Waals surface area contributed by atoms with Gasteiger partial charge in [0, 0.05) is 16.8 Å². The van der Waals surface area contributed by atoms with Crippen LogP contribution in [0.1, 0.15) is 20.7 Å². The summed E-state index contributed by atoms with van der Waals surface area (Å²) in [6, 6.07) is 20.4. The smallest absolute Gasteiger partial charge is 0.255 e. The van der Waals surface area contributed by atoms with Gasteiger partial charge < -0.3 is 15.4 Å². The first-order chi connectivity index (χ1) is 13.1. The van der Waals surface area contributed by atoms with Gasteiger partial charge in [-0.25, -0.2) is 0 Å². The van der Waals surface area contributed by atoms with Crippen molar-refractivity contribution >= 4 is 34.8 Å². The number of para-hydroxylation sites is 1. The molecule has 136 valence electrons. The Morgan fingerprint density at radius 2 is 1.33 bits per heavy atom. The predicted molar refractivity (Wildman–Crippen MR) is 107 cm³/mol. The van der Waals surface area contributed by atoms with E-state index in [1.165, 1.54) is 0 Å². The van der Waals surface area contributed by atoms with E-state index in [1.54, 1.807) is 79.9 Å². The van der Waals surface area contributed by atoms with Crippen molar-refractivity contribution < 1.29 is 14.3 Å². The lowest BCUT2D eigenvalue weighted by Crippen LogP contribution is -2.14. The highest BCUT2D eigenvalue weighted by Gasteiger charge is 2.11. The Bertz CT molecular complexity index is 954. The Morgan fingerprint density at radius 3 is 1.89 bits per heavy atom. The normalized spacial score (nSPS) is 10.1. The van der Waals surface area contributed by atoms with Crippen molar-refractivity contribution in [3.8, 4) is 5.75 Å². The van der Waals surface area contributed by atoms with Crippen LogP contribution in [0.2, 0.25) is 5.02 Å². The molecular formula is C21H17ClN2O3. The molecule has 0 aliphatic rings. The Balaban J connectivity index is 1.66. The number of amides is 2. The van der Waals surface area contributed by atoms with E-state index >= 15 is 0 Å². The monoisotopic (exact) mass is 380 g/mol. The van der Waals surface area contributed by atoms with Gasteiger partial charge in [-0.15, -0.1) is 0 Å². The molecule has 3 aromatic carbocycles. The number of hydrogen-bond acceptors (Lipinski definition) is 3. The van der Waals surface area contributed by atoms with Gasteiger partial charge in [0.15, 0.2) is 0 Å². The maximum Gasteiger partial charge on any atom is 0.255 e. The largest absolute Gasteiger partial charge is 0.497 e. The molecule has 3 aromatic rings. The lowest BCUT2D eigenvalue weighted by atomic mass is 10.1. The Morgan fingerprint density at radius 1 is 0.778 bits per heavy atom. The molecule has 0 heterocycles. The molecule has 0 fully saturated rings. The van der Waals surface area contributed by atoms with Gasteiger partial charge in [-0.2, -0.15) is 0 Å². The van der Waals surface area contributed by atoms with Crippen LogP contribution in [0.5, 0.6) is 5.75 Å². The molecular weight excluding hydrogens is 364 g/mol. The minimum atomic E-state index is -0.301. The van der Waals surface area contributed by atoms with E-state index in [0.29, 0.717) is 33.3 Å². The SMILES string of the molecule is COc1ccc(NC(=O)c2ccc(C(=O)Nc3ccccc3Cl)cc2)cc1. The van der Waals surface area contributed by atoms with Crippen LogP contribution in [0.4, 0.5) is 11.4 Å². The molecule has 0 saturated carbocycles. The molecule has 3 rings (SSSR count). The molecule has 0 aliphatic heterocycles. The van der Waals surface area contributed by atoms with Crippen LogP contribution in [0.15, 0.2) is 72.8 Å². The van der Waals surface area contributed by atoms with Gasteiger partial charge in [-0.05, 0) is 60.7 Å². The van der Waals surface area contributed by atoms with Gasteiger partial charge in [-0.1, -0.05) is 23.7 Å². The van der Waals surface area contributed by atoms with Crippen LogP contribution in [-0.4, -0.2) is 18.9 Å². The van der Waals surface area contributed by atoms with E-state index < -0.39 is 0 Å². The van der Waals surface area contributed by atoms with Gasteiger partial charge in [-0.3, -0.25) is 9.59 Å². The molecule has 0 aromatic heterocycles. The zero-order valence-electron chi connectivity index (χ0n) is 14.5. The Labute approximate surface area is 161 Å². The third kappa shape index (κ3) is 4.65. The second-order valence-corrected chi connectivity index (χ2v) is 6.10. The topological polar surface area (TPSA) is 67.4 Å². The van der Waals surface area contributed by atoms with Crippen LogP contribution in [0, 0.1) is 0 Å². The average molecular weight is 381 g/mol. The number of carbonyl (C=O) groups is 2. The number of anilines is 2. The number of ether oxygens (including phenoxy) is 1. The number of nitrogens with one attached hydrogen (secondary N) is 2. The van der Waals surface area contributed by atoms with E-state index in [1.807, 2.05) is 0 Å². The van der Waals surface area contributed by atoms with Crippen molar-refractivity contribution in [1.29, 1.82) is 0 Å². The zero-order chi connectivity index (χ0) is 19.2. The molecule has 0 aliphatic carbocycles.